The number of likely N-dealkylation sites (tertiary alicyclic amines) is 1. The van der Waals surface area contributed by atoms with Gasteiger partial charge in [0.1, 0.15) is 23.2 Å². The summed E-state index contributed by atoms with van der Waals surface area (Å²) in [4.78, 5) is 45.1. The highest BCUT2D eigenvalue weighted by Crippen LogP contribution is 2.58. The standard InChI is InChI=1S/C28H34N2O6/c1-3-20(18-31)30-23-25(33)29(17-19-11-6-5-7-12-19)15-10-14-28(23)21(24(30)32)22-26(34)35-16-9-8-13-27(22,4-2)36-28/h5-8,10-14,20-23,31H,3-4,9,15-18H2,1-2H3/t20-,21-,22+,23?,27-,28-/m0/s1. The van der Waals surface area contributed by atoms with Gasteiger partial charge in [0.15, 0.2) is 0 Å². The number of aliphatic hydroxyl groups excluding tert-OH is 1. The minimum absolute atomic E-state index is 0.237. The van der Waals surface area contributed by atoms with Gasteiger partial charge in [-0.25, -0.2) is 0 Å². The summed E-state index contributed by atoms with van der Waals surface area (Å²) >= 11 is 0. The van der Waals surface area contributed by atoms with Gasteiger partial charge in [0, 0.05) is 13.1 Å². The van der Waals surface area contributed by atoms with E-state index in [-0.39, 0.29) is 25.0 Å². The van der Waals surface area contributed by atoms with Crippen LogP contribution < -0.4 is 0 Å². The number of ether oxygens (including phenoxy) is 2. The van der Waals surface area contributed by atoms with Crippen molar-refractivity contribution in [3.63, 3.8) is 0 Å². The number of benzene rings is 1. The van der Waals surface area contributed by atoms with Crippen LogP contribution >= 0.6 is 0 Å². The molecule has 36 heavy (non-hydrogen) atoms. The van der Waals surface area contributed by atoms with Crippen molar-refractivity contribution in [3.8, 4) is 0 Å². The number of nitrogens with zero attached hydrogens (tertiary/aromatic N) is 2. The molecule has 1 N–H and O–H groups in total. The topological polar surface area (TPSA) is 96.4 Å². The van der Waals surface area contributed by atoms with Crippen LogP contribution in [0.5, 0.6) is 0 Å². The molecule has 0 bridgehead atoms. The van der Waals surface area contributed by atoms with E-state index in [1.807, 2.05) is 68.5 Å². The zero-order valence-corrected chi connectivity index (χ0v) is 20.8. The van der Waals surface area contributed by atoms with Crippen LogP contribution in [0.2, 0.25) is 0 Å². The normalized spacial score (nSPS) is 34.4. The van der Waals surface area contributed by atoms with E-state index < -0.39 is 41.1 Å². The average molecular weight is 495 g/mol. The molecule has 4 aliphatic heterocycles. The van der Waals surface area contributed by atoms with E-state index in [0.29, 0.717) is 32.4 Å². The van der Waals surface area contributed by atoms with Crippen LogP contribution in [0.1, 0.15) is 38.7 Å². The van der Waals surface area contributed by atoms with Crippen LogP contribution in [-0.2, 0) is 30.4 Å². The first-order valence-electron chi connectivity index (χ1n) is 12.9. The largest absolute Gasteiger partial charge is 0.465 e. The first-order chi connectivity index (χ1) is 17.4. The Hall–Kier alpha value is -2.97. The Morgan fingerprint density at radius 3 is 2.53 bits per heavy atom. The summed E-state index contributed by atoms with van der Waals surface area (Å²) in [5.74, 6) is -2.86. The monoisotopic (exact) mass is 494 g/mol. The molecule has 6 atom stereocenters. The third-order valence-electron chi connectivity index (χ3n) is 8.22. The van der Waals surface area contributed by atoms with Gasteiger partial charge in [-0.15, -0.1) is 0 Å². The Morgan fingerprint density at radius 2 is 1.83 bits per heavy atom. The number of aliphatic hydroxyl groups is 1. The van der Waals surface area contributed by atoms with Gasteiger partial charge >= 0.3 is 5.97 Å². The Morgan fingerprint density at radius 1 is 1.06 bits per heavy atom. The van der Waals surface area contributed by atoms with Gasteiger partial charge in [0.05, 0.1) is 25.2 Å². The minimum Gasteiger partial charge on any atom is -0.465 e. The summed E-state index contributed by atoms with van der Waals surface area (Å²) in [6, 6.07) is 8.13. The van der Waals surface area contributed by atoms with Crippen molar-refractivity contribution in [1.82, 2.24) is 9.80 Å². The highest BCUT2D eigenvalue weighted by molar-refractivity contribution is 5.99. The smallest absolute Gasteiger partial charge is 0.313 e. The van der Waals surface area contributed by atoms with E-state index in [9.17, 15) is 19.5 Å². The SMILES string of the molecule is CC[C@@H](CO)N1C(=O)[C@@H]2[C@@H]3C(=O)OCCC=C[C@]3(CC)O[C@@]23C=CCN(Cc2ccccc2)C(=O)C13. The van der Waals surface area contributed by atoms with E-state index in [1.54, 1.807) is 4.90 Å². The van der Waals surface area contributed by atoms with Crippen LogP contribution in [0, 0.1) is 11.8 Å². The van der Waals surface area contributed by atoms with Crippen LogP contribution in [0.15, 0.2) is 54.6 Å². The van der Waals surface area contributed by atoms with E-state index in [4.69, 9.17) is 9.47 Å². The Kier molecular flexibility index (Phi) is 6.51. The molecular weight excluding hydrogens is 460 g/mol. The molecule has 8 heteroatoms. The number of cyclic esters (lactones) is 1. The third-order valence-corrected chi connectivity index (χ3v) is 8.22. The number of hydrogen-bond acceptors (Lipinski definition) is 6. The van der Waals surface area contributed by atoms with Crippen molar-refractivity contribution in [2.45, 2.75) is 62.9 Å². The summed E-state index contributed by atoms with van der Waals surface area (Å²) in [7, 11) is 0. The lowest BCUT2D eigenvalue weighted by Crippen LogP contribution is -2.58. The predicted molar refractivity (Wildman–Crippen MR) is 131 cm³/mol. The number of carbonyl (C=O) groups is 3. The fourth-order valence-corrected chi connectivity index (χ4v) is 6.47. The predicted octanol–water partition coefficient (Wildman–Crippen LogP) is 2.22. The highest BCUT2D eigenvalue weighted by Gasteiger charge is 2.75. The first-order valence-corrected chi connectivity index (χ1v) is 12.9. The second kappa shape index (κ2) is 9.48. The van der Waals surface area contributed by atoms with E-state index in [1.165, 1.54) is 4.90 Å². The van der Waals surface area contributed by atoms with E-state index >= 15 is 0 Å². The second-order valence-electron chi connectivity index (χ2n) is 10.1. The molecule has 0 aliphatic carbocycles. The van der Waals surface area contributed by atoms with Gasteiger partial charge in [0.2, 0.25) is 11.8 Å². The zero-order chi connectivity index (χ0) is 25.5. The van der Waals surface area contributed by atoms with Gasteiger partial charge in [-0.2, -0.15) is 0 Å². The summed E-state index contributed by atoms with van der Waals surface area (Å²) in [6.45, 7) is 4.48. The van der Waals surface area contributed by atoms with Crippen molar-refractivity contribution < 1.29 is 29.0 Å². The molecule has 1 spiro atoms. The number of amides is 2. The fraction of sp³-hybridized carbons (Fsp3) is 0.536. The van der Waals surface area contributed by atoms with Gasteiger partial charge in [0.25, 0.3) is 0 Å². The Balaban J connectivity index is 1.64. The Labute approximate surface area is 211 Å². The molecule has 0 saturated carbocycles. The lowest BCUT2D eigenvalue weighted by molar-refractivity contribution is -0.163. The maximum atomic E-state index is 14.3. The van der Waals surface area contributed by atoms with Crippen molar-refractivity contribution in [3.05, 3.63) is 60.2 Å². The molecule has 4 aliphatic rings. The van der Waals surface area contributed by atoms with Crippen LogP contribution in [0.3, 0.4) is 0 Å². The van der Waals surface area contributed by atoms with Crippen molar-refractivity contribution >= 4 is 17.8 Å². The summed E-state index contributed by atoms with van der Waals surface area (Å²) in [5.41, 5.74) is -1.42. The molecule has 1 aromatic rings. The van der Waals surface area contributed by atoms with Crippen molar-refractivity contribution in [2.24, 2.45) is 11.8 Å². The number of esters is 1. The van der Waals surface area contributed by atoms with Gasteiger partial charge < -0.3 is 24.4 Å². The number of fused-ring (bicyclic) bond motifs is 2. The first kappa shape index (κ1) is 24.7. The minimum atomic E-state index is -1.34. The molecule has 5 rings (SSSR count). The number of rotatable bonds is 6. The molecular formula is C28H34N2O6. The average Bonchev–Trinajstić information content (AvgIpc) is 3.24. The van der Waals surface area contributed by atoms with Crippen LogP contribution in [-0.4, -0.2) is 75.7 Å². The molecule has 2 saturated heterocycles. The van der Waals surface area contributed by atoms with E-state index in [0.717, 1.165) is 5.56 Å². The maximum Gasteiger partial charge on any atom is 0.313 e. The number of hydrogen-bond donors (Lipinski definition) is 1. The van der Waals surface area contributed by atoms with Gasteiger partial charge in [-0.05, 0) is 24.8 Å². The zero-order valence-electron chi connectivity index (χ0n) is 20.8. The van der Waals surface area contributed by atoms with Crippen molar-refractivity contribution in [1.29, 1.82) is 0 Å². The molecule has 1 unspecified atom stereocenters. The fourth-order valence-electron chi connectivity index (χ4n) is 6.47. The highest BCUT2D eigenvalue weighted by atomic mass is 16.6. The molecule has 1 aromatic carbocycles. The molecule has 0 radical (unpaired) electrons. The molecule has 2 amide bonds. The van der Waals surface area contributed by atoms with Crippen LogP contribution in [0.4, 0.5) is 0 Å². The molecule has 192 valence electrons. The molecule has 2 fully saturated rings. The van der Waals surface area contributed by atoms with E-state index in [2.05, 4.69) is 0 Å². The lowest BCUT2D eigenvalue weighted by Gasteiger charge is -2.40. The van der Waals surface area contributed by atoms with Crippen molar-refractivity contribution in [2.75, 3.05) is 19.8 Å². The maximum absolute atomic E-state index is 14.3. The lowest BCUT2D eigenvalue weighted by atomic mass is 9.73. The summed E-state index contributed by atoms with van der Waals surface area (Å²) < 4.78 is 12.4. The molecule has 8 nitrogen and oxygen atoms in total. The van der Waals surface area contributed by atoms with Gasteiger partial charge in [-0.1, -0.05) is 68.5 Å². The molecule has 4 heterocycles. The summed E-state index contributed by atoms with van der Waals surface area (Å²) in [5, 5.41) is 10.2. The third kappa shape index (κ3) is 3.61. The second-order valence-corrected chi connectivity index (χ2v) is 10.1. The van der Waals surface area contributed by atoms with Crippen LogP contribution in [0.25, 0.3) is 0 Å². The molecule has 0 aromatic heterocycles. The van der Waals surface area contributed by atoms with Gasteiger partial charge in [-0.3, -0.25) is 14.4 Å². The number of carbonyl (C=O) groups excluding carboxylic acids is 3. The quantitative estimate of drug-likeness (QED) is 0.481. The summed E-state index contributed by atoms with van der Waals surface area (Å²) in [6.07, 6.45) is 9.02. The Bertz CT molecular complexity index is 1080.